The van der Waals surface area contributed by atoms with Crippen LogP contribution in [0.1, 0.15) is 45.2 Å². The molecule has 0 saturated heterocycles. The first-order valence-corrected chi connectivity index (χ1v) is 6.29. The number of hydrogen-bond acceptors (Lipinski definition) is 4. The number of nitrogen functional groups attached to an aromatic ring is 1. The van der Waals surface area contributed by atoms with Gasteiger partial charge in [-0.15, -0.1) is 0 Å². The molecule has 5 heteroatoms. The van der Waals surface area contributed by atoms with E-state index in [0.29, 0.717) is 17.0 Å². The van der Waals surface area contributed by atoms with Gasteiger partial charge in [0.1, 0.15) is 17.6 Å². The van der Waals surface area contributed by atoms with Crippen LogP contribution in [0.5, 0.6) is 5.88 Å². The molecule has 0 aliphatic heterocycles. The van der Waals surface area contributed by atoms with Gasteiger partial charge in [-0.2, -0.15) is 0 Å². The van der Waals surface area contributed by atoms with Crippen LogP contribution in [0.25, 0.3) is 0 Å². The molecule has 3 N–H and O–H groups in total. The predicted molar refractivity (Wildman–Crippen MR) is 69.7 cm³/mol. The van der Waals surface area contributed by atoms with Gasteiger partial charge in [0.05, 0.1) is 12.4 Å². The summed E-state index contributed by atoms with van der Waals surface area (Å²) in [6.45, 7) is 4.59. The minimum atomic E-state index is -0.0755. The van der Waals surface area contributed by atoms with E-state index in [2.05, 4.69) is 23.8 Å². The van der Waals surface area contributed by atoms with E-state index < -0.39 is 0 Å². The summed E-state index contributed by atoms with van der Waals surface area (Å²) >= 11 is 0. The van der Waals surface area contributed by atoms with Gasteiger partial charge in [-0.1, -0.05) is 13.8 Å². The van der Waals surface area contributed by atoms with Crippen LogP contribution < -0.4 is 10.5 Å². The molecule has 0 aromatic carbocycles. The first-order valence-electron chi connectivity index (χ1n) is 6.29. The van der Waals surface area contributed by atoms with Crippen LogP contribution in [0.4, 0.5) is 0 Å². The van der Waals surface area contributed by atoms with E-state index in [1.54, 1.807) is 0 Å². The highest BCUT2D eigenvalue weighted by atomic mass is 16.5. The van der Waals surface area contributed by atoms with E-state index in [1.165, 1.54) is 25.2 Å². The van der Waals surface area contributed by atoms with Gasteiger partial charge in [0.15, 0.2) is 0 Å². The van der Waals surface area contributed by atoms with E-state index in [4.69, 9.17) is 15.9 Å². The molecule has 1 aromatic rings. The lowest BCUT2D eigenvalue weighted by atomic mass is 9.76. The summed E-state index contributed by atoms with van der Waals surface area (Å²) in [5.41, 5.74) is 6.13. The van der Waals surface area contributed by atoms with Crippen LogP contribution in [0, 0.1) is 10.8 Å². The average molecular weight is 248 g/mol. The molecule has 1 aromatic heterocycles. The highest BCUT2D eigenvalue weighted by Gasteiger charge is 2.27. The third kappa shape index (κ3) is 3.18. The monoisotopic (exact) mass is 248 g/mol. The van der Waals surface area contributed by atoms with E-state index in [1.807, 2.05) is 0 Å². The fraction of sp³-hybridized carbons (Fsp3) is 0.615. The Morgan fingerprint density at radius 2 is 2.00 bits per heavy atom. The lowest BCUT2D eigenvalue weighted by Crippen LogP contribution is -2.28. The Bertz CT molecular complexity index is 417. The summed E-state index contributed by atoms with van der Waals surface area (Å²) in [6, 6.07) is 0. The van der Waals surface area contributed by atoms with Gasteiger partial charge in [-0.3, -0.25) is 5.41 Å². The fourth-order valence-electron chi connectivity index (χ4n) is 2.18. The summed E-state index contributed by atoms with van der Waals surface area (Å²) < 4.78 is 5.80. The predicted octanol–water partition coefficient (Wildman–Crippen LogP) is 2.11. The number of amidine groups is 1. The van der Waals surface area contributed by atoms with E-state index in [0.717, 1.165) is 12.8 Å². The second-order valence-corrected chi connectivity index (χ2v) is 5.63. The van der Waals surface area contributed by atoms with Crippen LogP contribution in [0.15, 0.2) is 12.4 Å². The van der Waals surface area contributed by atoms with Crippen LogP contribution in [-0.4, -0.2) is 21.9 Å². The Hall–Kier alpha value is -1.65. The standard InChI is InChI=1S/C13H20N4O/c1-13(2)5-3-9(4-6-13)18-11-8-16-10(7-17-11)12(14)15/h7-9H,3-6H2,1-2H3,(H3,14,15). The quantitative estimate of drug-likeness (QED) is 0.633. The second kappa shape index (κ2) is 4.92. The molecule has 0 bridgehead atoms. The Labute approximate surface area is 107 Å². The topological polar surface area (TPSA) is 84.9 Å². The van der Waals surface area contributed by atoms with Crippen LogP contribution >= 0.6 is 0 Å². The first kappa shape index (κ1) is 12.8. The molecule has 0 radical (unpaired) electrons. The van der Waals surface area contributed by atoms with Crippen molar-refractivity contribution in [2.45, 2.75) is 45.6 Å². The first-order chi connectivity index (χ1) is 8.46. The van der Waals surface area contributed by atoms with Crippen LogP contribution in [0.3, 0.4) is 0 Å². The molecular weight excluding hydrogens is 228 g/mol. The molecule has 1 saturated carbocycles. The Morgan fingerprint density at radius 3 is 2.50 bits per heavy atom. The van der Waals surface area contributed by atoms with Gasteiger partial charge in [-0.25, -0.2) is 9.97 Å². The molecule has 1 aliphatic carbocycles. The number of aromatic nitrogens is 2. The molecule has 1 fully saturated rings. The summed E-state index contributed by atoms with van der Waals surface area (Å²) in [4.78, 5) is 8.16. The number of nitrogens with zero attached hydrogens (tertiary/aromatic N) is 2. The minimum Gasteiger partial charge on any atom is -0.473 e. The zero-order valence-electron chi connectivity index (χ0n) is 10.9. The molecular formula is C13H20N4O. The van der Waals surface area contributed by atoms with Crippen LogP contribution in [0.2, 0.25) is 0 Å². The molecule has 0 amide bonds. The van der Waals surface area contributed by atoms with Crippen LogP contribution in [-0.2, 0) is 0 Å². The number of ether oxygens (including phenoxy) is 1. The van der Waals surface area contributed by atoms with Crippen molar-refractivity contribution in [2.75, 3.05) is 0 Å². The summed E-state index contributed by atoms with van der Waals surface area (Å²) in [7, 11) is 0. The van der Waals surface area contributed by atoms with Gasteiger partial charge in [0, 0.05) is 0 Å². The Kier molecular flexibility index (Phi) is 3.50. The molecule has 0 unspecified atom stereocenters. The zero-order valence-corrected chi connectivity index (χ0v) is 10.9. The lowest BCUT2D eigenvalue weighted by Gasteiger charge is -2.33. The Balaban J connectivity index is 1.92. The third-order valence-electron chi connectivity index (χ3n) is 3.48. The number of nitrogens with one attached hydrogen (secondary N) is 1. The molecule has 18 heavy (non-hydrogen) atoms. The normalized spacial score (nSPS) is 19.4. The molecule has 5 nitrogen and oxygen atoms in total. The second-order valence-electron chi connectivity index (χ2n) is 5.63. The number of rotatable bonds is 3. The third-order valence-corrected chi connectivity index (χ3v) is 3.48. The van der Waals surface area contributed by atoms with Crippen molar-refractivity contribution < 1.29 is 4.74 Å². The van der Waals surface area contributed by atoms with Gasteiger partial charge in [0.25, 0.3) is 0 Å². The molecule has 2 rings (SSSR count). The number of hydrogen-bond donors (Lipinski definition) is 2. The van der Waals surface area contributed by atoms with Crippen molar-refractivity contribution in [3.63, 3.8) is 0 Å². The van der Waals surface area contributed by atoms with Gasteiger partial charge in [-0.05, 0) is 31.1 Å². The molecule has 0 atom stereocenters. The highest BCUT2D eigenvalue weighted by molar-refractivity contribution is 5.92. The van der Waals surface area contributed by atoms with E-state index in [9.17, 15) is 0 Å². The minimum absolute atomic E-state index is 0.0755. The van der Waals surface area contributed by atoms with Crippen molar-refractivity contribution in [3.05, 3.63) is 18.1 Å². The summed E-state index contributed by atoms with van der Waals surface area (Å²) in [6.07, 6.45) is 7.72. The van der Waals surface area contributed by atoms with Crippen molar-refractivity contribution in [1.82, 2.24) is 9.97 Å². The van der Waals surface area contributed by atoms with Gasteiger partial charge in [0.2, 0.25) is 5.88 Å². The van der Waals surface area contributed by atoms with Crippen molar-refractivity contribution in [1.29, 1.82) is 5.41 Å². The maximum Gasteiger partial charge on any atom is 0.232 e. The highest BCUT2D eigenvalue weighted by Crippen LogP contribution is 2.36. The maximum atomic E-state index is 7.24. The average Bonchev–Trinajstić information content (AvgIpc) is 2.33. The summed E-state index contributed by atoms with van der Waals surface area (Å²) in [5.74, 6) is 0.443. The smallest absolute Gasteiger partial charge is 0.232 e. The largest absolute Gasteiger partial charge is 0.473 e. The molecule has 0 spiro atoms. The zero-order chi connectivity index (χ0) is 13.2. The van der Waals surface area contributed by atoms with Crippen molar-refractivity contribution in [2.24, 2.45) is 11.1 Å². The summed E-state index contributed by atoms with van der Waals surface area (Å²) in [5, 5.41) is 7.24. The van der Waals surface area contributed by atoms with E-state index >= 15 is 0 Å². The van der Waals surface area contributed by atoms with Crippen molar-refractivity contribution >= 4 is 5.84 Å². The number of nitrogens with two attached hydrogens (primary N) is 1. The molecule has 1 aliphatic rings. The fourth-order valence-corrected chi connectivity index (χ4v) is 2.18. The van der Waals surface area contributed by atoms with Gasteiger partial charge >= 0.3 is 0 Å². The van der Waals surface area contributed by atoms with Crippen molar-refractivity contribution in [3.8, 4) is 5.88 Å². The molecule has 1 heterocycles. The lowest BCUT2D eigenvalue weighted by molar-refractivity contribution is 0.0945. The Morgan fingerprint density at radius 1 is 1.33 bits per heavy atom. The molecule has 98 valence electrons. The van der Waals surface area contributed by atoms with E-state index in [-0.39, 0.29) is 11.9 Å². The SMILES string of the molecule is CC1(C)CCC(Oc2cnc(C(=N)N)cn2)CC1. The van der Waals surface area contributed by atoms with Gasteiger partial charge < -0.3 is 10.5 Å². The maximum absolute atomic E-state index is 7.24.